The van der Waals surface area contributed by atoms with Crippen molar-refractivity contribution in [2.75, 3.05) is 11.1 Å². The number of nitrogen functional groups attached to an aromatic ring is 1. The van der Waals surface area contributed by atoms with Crippen LogP contribution in [0.5, 0.6) is 0 Å². The third-order valence-corrected chi connectivity index (χ3v) is 2.91. The van der Waals surface area contributed by atoms with Crippen LogP contribution in [0, 0.1) is 0 Å². The number of hydrogen-bond acceptors (Lipinski definition) is 4. The second-order valence-electron chi connectivity index (χ2n) is 3.97. The van der Waals surface area contributed by atoms with Crippen molar-refractivity contribution in [3.8, 4) is 0 Å². The fourth-order valence-corrected chi connectivity index (χ4v) is 1.92. The molecule has 0 aliphatic carbocycles. The number of carbonyl (C=O) groups excluding carboxylic acids is 1. The zero-order valence-electron chi connectivity index (χ0n) is 10.1. The number of amides is 1. The average Bonchev–Trinajstić information content (AvgIpc) is 2.37. The highest BCUT2D eigenvalue weighted by Crippen LogP contribution is 2.23. The van der Waals surface area contributed by atoms with Crippen LogP contribution in [0.15, 0.2) is 35.4 Å². The molecule has 6 nitrogen and oxygen atoms in total. The van der Waals surface area contributed by atoms with Gasteiger partial charge in [-0.25, -0.2) is 9.78 Å². The lowest BCUT2D eigenvalue weighted by Crippen LogP contribution is -2.28. The summed E-state index contributed by atoms with van der Waals surface area (Å²) in [5.41, 5.74) is 5.89. The van der Waals surface area contributed by atoms with Gasteiger partial charge in [0.1, 0.15) is 6.54 Å². The summed E-state index contributed by atoms with van der Waals surface area (Å²) in [4.78, 5) is 26.8. The molecule has 0 radical (unpaired) electrons. The van der Waals surface area contributed by atoms with E-state index in [0.717, 1.165) is 4.57 Å². The summed E-state index contributed by atoms with van der Waals surface area (Å²) in [5.74, 6) is -0.428. The Morgan fingerprint density at radius 1 is 1.40 bits per heavy atom. The normalized spacial score (nSPS) is 10.3. The molecule has 1 amide bonds. The van der Waals surface area contributed by atoms with Crippen molar-refractivity contribution in [1.82, 2.24) is 9.55 Å². The van der Waals surface area contributed by atoms with E-state index in [9.17, 15) is 9.59 Å². The van der Waals surface area contributed by atoms with Crippen LogP contribution in [0.4, 0.5) is 11.4 Å². The minimum Gasteiger partial charge on any atom is -0.399 e. The molecule has 1 heterocycles. The van der Waals surface area contributed by atoms with Crippen LogP contribution in [0.25, 0.3) is 0 Å². The number of nitrogens with zero attached hydrogens (tertiary/aromatic N) is 2. The van der Waals surface area contributed by atoms with Crippen LogP contribution < -0.4 is 16.7 Å². The van der Waals surface area contributed by atoms with E-state index in [-0.39, 0.29) is 11.6 Å². The van der Waals surface area contributed by atoms with Gasteiger partial charge in [0.2, 0.25) is 5.91 Å². The highest BCUT2D eigenvalue weighted by molar-refractivity contribution is 6.34. The Bertz CT molecular complexity index is 715. The Kier molecular flexibility index (Phi) is 4.26. The van der Waals surface area contributed by atoms with E-state index >= 15 is 0 Å². The van der Waals surface area contributed by atoms with Gasteiger partial charge in [0.05, 0.1) is 21.9 Å². The van der Waals surface area contributed by atoms with Crippen molar-refractivity contribution < 1.29 is 4.79 Å². The summed E-state index contributed by atoms with van der Waals surface area (Å²) in [6.07, 6.45) is 2.55. The molecule has 0 saturated carbocycles. The van der Waals surface area contributed by atoms with E-state index < -0.39 is 11.6 Å². The van der Waals surface area contributed by atoms with Crippen LogP contribution in [0.2, 0.25) is 10.0 Å². The lowest BCUT2D eigenvalue weighted by atomic mass is 10.3. The Morgan fingerprint density at radius 2 is 2.15 bits per heavy atom. The summed E-state index contributed by atoms with van der Waals surface area (Å²) in [5, 5.41) is 3.16. The van der Waals surface area contributed by atoms with Crippen molar-refractivity contribution in [2.45, 2.75) is 6.54 Å². The van der Waals surface area contributed by atoms with E-state index in [1.807, 2.05) is 0 Å². The van der Waals surface area contributed by atoms with Crippen LogP contribution >= 0.6 is 23.2 Å². The Labute approximate surface area is 124 Å². The van der Waals surface area contributed by atoms with Gasteiger partial charge < -0.3 is 11.1 Å². The third-order valence-electron chi connectivity index (χ3n) is 2.40. The highest BCUT2D eigenvalue weighted by Gasteiger charge is 2.08. The summed E-state index contributed by atoms with van der Waals surface area (Å²) in [6, 6.07) is 4.70. The van der Waals surface area contributed by atoms with Crippen molar-refractivity contribution in [3.05, 3.63) is 51.1 Å². The van der Waals surface area contributed by atoms with Crippen molar-refractivity contribution in [2.24, 2.45) is 0 Å². The molecule has 0 saturated heterocycles. The van der Waals surface area contributed by atoms with Crippen LogP contribution in [0.1, 0.15) is 0 Å². The smallest absolute Gasteiger partial charge is 0.348 e. The topological polar surface area (TPSA) is 90.0 Å². The summed E-state index contributed by atoms with van der Waals surface area (Å²) in [7, 11) is 0. The van der Waals surface area contributed by atoms with Gasteiger partial charge in [-0.15, -0.1) is 0 Å². The average molecular weight is 313 g/mol. The second kappa shape index (κ2) is 5.94. The molecule has 2 rings (SSSR count). The number of carbonyl (C=O) groups is 1. The van der Waals surface area contributed by atoms with E-state index in [0.29, 0.717) is 16.4 Å². The zero-order valence-corrected chi connectivity index (χ0v) is 11.6. The molecule has 0 atom stereocenters. The highest BCUT2D eigenvalue weighted by atomic mass is 35.5. The lowest BCUT2D eigenvalue weighted by molar-refractivity contribution is -0.116. The molecule has 1 aromatic heterocycles. The number of nitrogens with two attached hydrogens (primary N) is 1. The van der Waals surface area contributed by atoms with Crippen LogP contribution in [-0.4, -0.2) is 15.5 Å². The predicted octanol–water partition coefficient (Wildman–Crippen LogP) is 1.77. The molecule has 8 heteroatoms. The molecule has 0 unspecified atom stereocenters. The molecule has 20 heavy (non-hydrogen) atoms. The molecule has 0 spiro atoms. The summed E-state index contributed by atoms with van der Waals surface area (Å²) in [6.45, 7) is -0.215. The largest absolute Gasteiger partial charge is 0.399 e. The van der Waals surface area contributed by atoms with Crippen LogP contribution in [0.3, 0.4) is 0 Å². The van der Waals surface area contributed by atoms with Gasteiger partial charge in [-0.2, -0.15) is 0 Å². The van der Waals surface area contributed by atoms with Gasteiger partial charge in [-0.05, 0) is 18.2 Å². The minimum atomic E-state index is -0.562. The quantitative estimate of drug-likeness (QED) is 0.845. The van der Waals surface area contributed by atoms with Gasteiger partial charge in [-0.3, -0.25) is 9.36 Å². The maximum Gasteiger partial charge on any atom is 0.348 e. The van der Waals surface area contributed by atoms with Gasteiger partial charge in [0.25, 0.3) is 0 Å². The molecule has 0 aliphatic heterocycles. The first-order valence-corrected chi connectivity index (χ1v) is 6.28. The van der Waals surface area contributed by atoms with Gasteiger partial charge in [0.15, 0.2) is 0 Å². The van der Waals surface area contributed by atoms with Gasteiger partial charge in [0, 0.05) is 11.9 Å². The Hall–Kier alpha value is -2.05. The van der Waals surface area contributed by atoms with Crippen molar-refractivity contribution in [1.29, 1.82) is 0 Å². The maximum atomic E-state index is 11.9. The van der Waals surface area contributed by atoms with E-state index in [2.05, 4.69) is 10.3 Å². The number of benzene rings is 1. The van der Waals surface area contributed by atoms with E-state index in [4.69, 9.17) is 28.9 Å². The molecule has 2 aromatic rings. The fraction of sp³-hybridized carbons (Fsp3) is 0.0833. The third kappa shape index (κ3) is 3.49. The molecule has 104 valence electrons. The molecular formula is C12H10Cl2N4O2. The Balaban J connectivity index is 2.13. The van der Waals surface area contributed by atoms with E-state index in [1.54, 1.807) is 12.1 Å². The standard InChI is InChI=1S/C12H10Cl2N4O2/c13-7-4-16-12(20)18(5-7)6-11(19)17-10-2-1-8(15)3-9(10)14/h1-5H,6,15H2,(H,17,19). The number of aromatic nitrogens is 2. The van der Waals surface area contributed by atoms with Crippen molar-refractivity contribution >= 4 is 40.5 Å². The SMILES string of the molecule is Nc1ccc(NC(=O)Cn2cc(Cl)cnc2=O)c(Cl)c1. The Morgan fingerprint density at radius 3 is 2.85 bits per heavy atom. The summed E-state index contributed by atoms with van der Waals surface area (Å²) >= 11 is 11.7. The number of halogens is 2. The van der Waals surface area contributed by atoms with Crippen molar-refractivity contribution in [3.63, 3.8) is 0 Å². The number of nitrogens with one attached hydrogen (secondary N) is 1. The van der Waals surface area contributed by atoms with Gasteiger partial charge in [-0.1, -0.05) is 23.2 Å². The predicted molar refractivity (Wildman–Crippen MR) is 78.0 cm³/mol. The minimum absolute atomic E-state index is 0.215. The molecule has 0 bridgehead atoms. The molecule has 1 aromatic carbocycles. The number of rotatable bonds is 3. The first-order valence-electron chi connectivity index (χ1n) is 5.52. The number of anilines is 2. The fourth-order valence-electron chi connectivity index (χ4n) is 1.52. The van der Waals surface area contributed by atoms with E-state index in [1.165, 1.54) is 18.5 Å². The maximum absolute atomic E-state index is 11.9. The molecule has 0 fully saturated rings. The summed E-state index contributed by atoms with van der Waals surface area (Å²) < 4.78 is 1.10. The zero-order chi connectivity index (χ0) is 14.7. The second-order valence-corrected chi connectivity index (χ2v) is 4.81. The van der Waals surface area contributed by atoms with Gasteiger partial charge >= 0.3 is 5.69 Å². The molecule has 0 aliphatic rings. The lowest BCUT2D eigenvalue weighted by Gasteiger charge is -2.09. The first-order chi connectivity index (χ1) is 9.45. The first kappa shape index (κ1) is 14.4. The van der Waals surface area contributed by atoms with Crippen LogP contribution in [-0.2, 0) is 11.3 Å². The molecule has 3 N–H and O–H groups in total. The monoisotopic (exact) mass is 312 g/mol. The molecular weight excluding hydrogens is 303 g/mol. The number of hydrogen-bond donors (Lipinski definition) is 2.